The monoisotopic (exact) mass is 272 g/mol. The fourth-order valence-electron chi connectivity index (χ4n) is 1.78. The van der Waals surface area contributed by atoms with Crippen LogP contribution in [0.4, 0.5) is 5.69 Å². The van der Waals surface area contributed by atoms with Crippen LogP contribution >= 0.6 is 0 Å². The number of nitrogens with zero attached hydrogens (tertiary/aromatic N) is 1. The molecule has 0 spiro atoms. The highest BCUT2D eigenvalue weighted by atomic mass is 16.6. The van der Waals surface area contributed by atoms with Gasteiger partial charge in [-0.25, -0.2) is 0 Å². The number of ether oxygens (including phenoxy) is 1. The summed E-state index contributed by atoms with van der Waals surface area (Å²) in [5, 5.41) is 14.0. The number of hydrogen-bond donors (Lipinski definition) is 1. The van der Waals surface area contributed by atoms with Crippen molar-refractivity contribution in [2.24, 2.45) is 0 Å². The van der Waals surface area contributed by atoms with Gasteiger partial charge in [-0.15, -0.1) is 0 Å². The average Bonchev–Trinajstić information content (AvgIpc) is 2.46. The molecule has 2 aromatic carbocycles. The van der Waals surface area contributed by atoms with Crippen molar-refractivity contribution in [3.8, 4) is 11.5 Å². The lowest BCUT2D eigenvalue weighted by Crippen LogP contribution is -2.11. The van der Waals surface area contributed by atoms with E-state index in [2.05, 4.69) is 5.32 Å². The van der Waals surface area contributed by atoms with Crippen LogP contribution in [0.1, 0.15) is 12.5 Å². The summed E-state index contributed by atoms with van der Waals surface area (Å²) < 4.78 is 5.66. The van der Waals surface area contributed by atoms with E-state index in [1.165, 1.54) is 12.1 Å². The number of nitrogens with one attached hydrogen (secondary N) is 1. The molecule has 20 heavy (non-hydrogen) atoms. The largest absolute Gasteiger partial charge is 0.457 e. The van der Waals surface area contributed by atoms with Gasteiger partial charge in [0, 0.05) is 12.6 Å². The van der Waals surface area contributed by atoms with Crippen molar-refractivity contribution >= 4 is 5.69 Å². The van der Waals surface area contributed by atoms with E-state index in [1.807, 2.05) is 31.2 Å². The first-order chi connectivity index (χ1) is 9.69. The Balaban J connectivity index is 2.13. The molecule has 104 valence electrons. The second-order valence-corrected chi connectivity index (χ2v) is 4.28. The highest BCUT2D eigenvalue weighted by Crippen LogP contribution is 2.25. The van der Waals surface area contributed by atoms with Crippen molar-refractivity contribution in [3.63, 3.8) is 0 Å². The summed E-state index contributed by atoms with van der Waals surface area (Å²) in [7, 11) is 0. The van der Waals surface area contributed by atoms with Gasteiger partial charge in [0.2, 0.25) is 0 Å². The van der Waals surface area contributed by atoms with Gasteiger partial charge < -0.3 is 10.1 Å². The Labute approximate surface area is 117 Å². The van der Waals surface area contributed by atoms with Crippen molar-refractivity contribution in [1.82, 2.24) is 5.32 Å². The maximum Gasteiger partial charge on any atom is 0.273 e. The minimum atomic E-state index is -0.436. The molecule has 0 heterocycles. The molecule has 0 aliphatic rings. The van der Waals surface area contributed by atoms with Crippen LogP contribution in [0.25, 0.3) is 0 Å². The SMILES string of the molecule is CCNCc1cccc(Oc2cccc([N+](=O)[O-])c2)c1. The molecular weight excluding hydrogens is 256 g/mol. The third-order valence-corrected chi connectivity index (χ3v) is 2.74. The van der Waals surface area contributed by atoms with E-state index in [0.717, 1.165) is 18.7 Å². The average molecular weight is 272 g/mol. The van der Waals surface area contributed by atoms with Gasteiger partial charge in [0.25, 0.3) is 5.69 Å². The van der Waals surface area contributed by atoms with Crippen LogP contribution in [0.2, 0.25) is 0 Å². The first-order valence-corrected chi connectivity index (χ1v) is 6.41. The van der Waals surface area contributed by atoms with E-state index < -0.39 is 4.92 Å². The molecule has 5 heteroatoms. The fourth-order valence-corrected chi connectivity index (χ4v) is 1.78. The summed E-state index contributed by atoms with van der Waals surface area (Å²) in [5.41, 5.74) is 1.13. The van der Waals surface area contributed by atoms with Crippen LogP contribution in [0.15, 0.2) is 48.5 Å². The summed E-state index contributed by atoms with van der Waals surface area (Å²) in [5.74, 6) is 1.13. The molecule has 0 bridgehead atoms. The van der Waals surface area contributed by atoms with Gasteiger partial charge in [-0.1, -0.05) is 25.1 Å². The van der Waals surface area contributed by atoms with Crippen molar-refractivity contribution in [2.75, 3.05) is 6.54 Å². The Kier molecular flexibility index (Phi) is 4.68. The molecule has 0 unspecified atom stereocenters. The van der Waals surface area contributed by atoms with Crippen molar-refractivity contribution in [2.45, 2.75) is 13.5 Å². The third kappa shape index (κ3) is 3.80. The zero-order valence-electron chi connectivity index (χ0n) is 11.2. The zero-order chi connectivity index (χ0) is 14.4. The van der Waals surface area contributed by atoms with Crippen LogP contribution in [0.3, 0.4) is 0 Å². The first kappa shape index (κ1) is 14.0. The Morgan fingerprint density at radius 2 is 1.85 bits per heavy atom. The topological polar surface area (TPSA) is 64.4 Å². The normalized spacial score (nSPS) is 10.2. The summed E-state index contributed by atoms with van der Waals surface area (Å²) >= 11 is 0. The molecular formula is C15H16N2O3. The van der Waals surface area contributed by atoms with Crippen molar-refractivity contribution in [3.05, 3.63) is 64.2 Å². The molecule has 5 nitrogen and oxygen atoms in total. The van der Waals surface area contributed by atoms with Gasteiger partial charge in [-0.2, -0.15) is 0 Å². The van der Waals surface area contributed by atoms with Gasteiger partial charge in [0.15, 0.2) is 0 Å². The van der Waals surface area contributed by atoms with Crippen LogP contribution in [0.5, 0.6) is 11.5 Å². The lowest BCUT2D eigenvalue weighted by Gasteiger charge is -2.08. The number of hydrogen-bond acceptors (Lipinski definition) is 4. The van der Waals surface area contributed by atoms with Gasteiger partial charge in [0.05, 0.1) is 11.0 Å². The third-order valence-electron chi connectivity index (χ3n) is 2.74. The summed E-state index contributed by atoms with van der Waals surface area (Å²) in [4.78, 5) is 10.3. The molecule has 0 saturated heterocycles. The van der Waals surface area contributed by atoms with Gasteiger partial charge in [0.1, 0.15) is 11.5 Å². The Morgan fingerprint density at radius 1 is 1.15 bits per heavy atom. The molecule has 0 fully saturated rings. The quantitative estimate of drug-likeness (QED) is 0.645. The standard InChI is InChI=1S/C15H16N2O3/c1-2-16-11-12-5-3-7-14(9-12)20-15-8-4-6-13(10-15)17(18)19/h3-10,16H,2,11H2,1H3. The molecule has 0 radical (unpaired) electrons. The van der Waals surface area contributed by atoms with E-state index in [1.54, 1.807) is 12.1 Å². The molecule has 0 aromatic heterocycles. The predicted molar refractivity (Wildman–Crippen MR) is 77.0 cm³/mol. The number of nitro groups is 1. The summed E-state index contributed by atoms with van der Waals surface area (Å²) in [6.07, 6.45) is 0. The molecule has 0 saturated carbocycles. The van der Waals surface area contributed by atoms with Crippen LogP contribution in [0, 0.1) is 10.1 Å². The van der Waals surface area contributed by atoms with Crippen molar-refractivity contribution in [1.29, 1.82) is 0 Å². The van der Waals surface area contributed by atoms with Gasteiger partial charge in [-0.3, -0.25) is 10.1 Å². The minimum Gasteiger partial charge on any atom is -0.457 e. The van der Waals surface area contributed by atoms with Gasteiger partial charge >= 0.3 is 0 Å². The highest BCUT2D eigenvalue weighted by molar-refractivity contribution is 5.41. The maximum absolute atomic E-state index is 10.7. The number of nitro benzene ring substituents is 1. The van der Waals surface area contributed by atoms with Crippen molar-refractivity contribution < 1.29 is 9.66 Å². The zero-order valence-corrected chi connectivity index (χ0v) is 11.2. The second kappa shape index (κ2) is 6.68. The molecule has 0 atom stereocenters. The maximum atomic E-state index is 10.7. The molecule has 0 aliphatic heterocycles. The van der Waals surface area contributed by atoms with Crippen LogP contribution in [-0.2, 0) is 6.54 Å². The molecule has 1 N–H and O–H groups in total. The lowest BCUT2D eigenvalue weighted by atomic mass is 10.2. The van der Waals surface area contributed by atoms with Crippen LogP contribution in [-0.4, -0.2) is 11.5 Å². The Bertz CT molecular complexity index is 599. The van der Waals surface area contributed by atoms with E-state index in [0.29, 0.717) is 11.5 Å². The lowest BCUT2D eigenvalue weighted by molar-refractivity contribution is -0.384. The molecule has 0 amide bonds. The summed E-state index contributed by atoms with van der Waals surface area (Å²) in [6, 6.07) is 13.8. The Morgan fingerprint density at radius 3 is 2.55 bits per heavy atom. The second-order valence-electron chi connectivity index (χ2n) is 4.28. The predicted octanol–water partition coefficient (Wildman–Crippen LogP) is 3.50. The molecule has 0 aliphatic carbocycles. The van der Waals surface area contributed by atoms with E-state index in [4.69, 9.17) is 4.74 Å². The first-order valence-electron chi connectivity index (χ1n) is 6.41. The molecule has 2 aromatic rings. The number of rotatable bonds is 6. The smallest absolute Gasteiger partial charge is 0.273 e. The highest BCUT2D eigenvalue weighted by Gasteiger charge is 2.07. The van der Waals surface area contributed by atoms with E-state index in [9.17, 15) is 10.1 Å². The van der Waals surface area contributed by atoms with E-state index in [-0.39, 0.29) is 5.69 Å². The van der Waals surface area contributed by atoms with E-state index >= 15 is 0 Å². The fraction of sp³-hybridized carbons (Fsp3) is 0.200. The molecule has 2 rings (SSSR count). The summed E-state index contributed by atoms with van der Waals surface area (Å²) in [6.45, 7) is 3.71. The number of benzene rings is 2. The Hall–Kier alpha value is -2.40. The number of non-ortho nitro benzene ring substituents is 1. The minimum absolute atomic E-state index is 0.0197. The van der Waals surface area contributed by atoms with Gasteiger partial charge in [-0.05, 0) is 30.3 Å². The van der Waals surface area contributed by atoms with Crippen LogP contribution < -0.4 is 10.1 Å².